The summed E-state index contributed by atoms with van der Waals surface area (Å²) in [5.41, 5.74) is 0.189. The first-order chi connectivity index (χ1) is 18.7. The van der Waals surface area contributed by atoms with E-state index in [2.05, 4.69) is 5.32 Å². The first-order valence-corrected chi connectivity index (χ1v) is 14.0. The molecule has 7 nitrogen and oxygen atoms in total. The van der Waals surface area contributed by atoms with E-state index in [4.69, 9.17) is 0 Å². The van der Waals surface area contributed by atoms with Gasteiger partial charge in [-0.2, -0.15) is 13.2 Å². The summed E-state index contributed by atoms with van der Waals surface area (Å²) in [6.45, 7) is 6.05. The molecule has 0 unspecified atom stereocenters. The normalized spacial score (nSPS) is 12.6. The first kappa shape index (κ1) is 30.7. The molecule has 3 rings (SSSR count). The zero-order valence-electron chi connectivity index (χ0n) is 22.6. The van der Waals surface area contributed by atoms with E-state index >= 15 is 0 Å². The van der Waals surface area contributed by atoms with Gasteiger partial charge < -0.3 is 10.2 Å². The van der Waals surface area contributed by atoms with Gasteiger partial charge in [0.2, 0.25) is 11.8 Å². The van der Waals surface area contributed by atoms with E-state index in [9.17, 15) is 31.2 Å². The number of rotatable bonds is 10. The van der Waals surface area contributed by atoms with Gasteiger partial charge in [0.15, 0.2) is 0 Å². The van der Waals surface area contributed by atoms with Crippen molar-refractivity contribution >= 4 is 27.5 Å². The largest absolute Gasteiger partial charge is 0.416 e. The molecule has 1 atom stereocenters. The Labute approximate surface area is 232 Å². The van der Waals surface area contributed by atoms with Crippen LogP contribution in [0.3, 0.4) is 0 Å². The van der Waals surface area contributed by atoms with Crippen LogP contribution < -0.4 is 9.62 Å². The lowest BCUT2D eigenvalue weighted by Crippen LogP contribution is -2.52. The Morgan fingerprint density at radius 3 is 2.12 bits per heavy atom. The van der Waals surface area contributed by atoms with Crippen LogP contribution >= 0.6 is 0 Å². The molecule has 0 spiro atoms. The van der Waals surface area contributed by atoms with Gasteiger partial charge in [0.1, 0.15) is 12.6 Å². The second kappa shape index (κ2) is 12.5. The van der Waals surface area contributed by atoms with Crippen LogP contribution in [-0.4, -0.2) is 43.8 Å². The van der Waals surface area contributed by atoms with Crippen LogP contribution in [-0.2, 0) is 32.3 Å². The van der Waals surface area contributed by atoms with Crippen LogP contribution in [0.4, 0.5) is 18.9 Å². The highest BCUT2D eigenvalue weighted by molar-refractivity contribution is 7.92. The fourth-order valence-electron chi connectivity index (χ4n) is 4.04. The summed E-state index contributed by atoms with van der Waals surface area (Å²) in [6, 6.07) is 16.9. The highest BCUT2D eigenvalue weighted by Gasteiger charge is 2.35. The van der Waals surface area contributed by atoms with E-state index in [1.807, 2.05) is 19.1 Å². The van der Waals surface area contributed by atoms with Gasteiger partial charge in [0.25, 0.3) is 10.0 Å². The van der Waals surface area contributed by atoms with Gasteiger partial charge in [0.05, 0.1) is 16.1 Å². The third-order valence-corrected chi connectivity index (χ3v) is 8.06. The summed E-state index contributed by atoms with van der Waals surface area (Å²) in [7, 11) is -4.47. The molecule has 3 aromatic rings. The molecule has 40 heavy (non-hydrogen) atoms. The average molecular weight is 576 g/mol. The van der Waals surface area contributed by atoms with Crippen molar-refractivity contribution in [2.45, 2.75) is 57.4 Å². The molecule has 0 saturated carbocycles. The van der Waals surface area contributed by atoms with Gasteiger partial charge >= 0.3 is 6.18 Å². The van der Waals surface area contributed by atoms with Crippen LogP contribution in [0.5, 0.6) is 0 Å². The number of anilines is 1. The van der Waals surface area contributed by atoms with Crippen molar-refractivity contribution in [1.82, 2.24) is 10.2 Å². The molecule has 0 aliphatic rings. The number of carbonyl (C=O) groups is 2. The lowest BCUT2D eigenvalue weighted by molar-refractivity contribution is -0.139. The quantitative estimate of drug-likeness (QED) is 0.362. The number of hydrogen-bond donors (Lipinski definition) is 1. The highest BCUT2D eigenvalue weighted by atomic mass is 32.2. The minimum absolute atomic E-state index is 0.0139. The Hall–Kier alpha value is -3.86. The number of aryl methyl sites for hydroxylation is 1. The molecule has 0 heterocycles. The summed E-state index contributed by atoms with van der Waals surface area (Å²) >= 11 is 0. The number of alkyl halides is 3. The SMILES string of the molecule is Cc1ccccc1CN(C(=O)CN(c1cccc(C(F)(F)F)c1)S(=O)(=O)c1ccccc1)[C@H](C)C(=O)NC(C)C. The fourth-order valence-corrected chi connectivity index (χ4v) is 5.47. The molecule has 0 aromatic heterocycles. The molecular formula is C29H32F3N3O4S. The van der Waals surface area contributed by atoms with E-state index in [1.165, 1.54) is 42.2 Å². The minimum atomic E-state index is -4.73. The Morgan fingerprint density at radius 2 is 1.52 bits per heavy atom. The fraction of sp³-hybridized carbons (Fsp3) is 0.310. The molecule has 0 aliphatic carbocycles. The van der Waals surface area contributed by atoms with E-state index < -0.39 is 46.2 Å². The third kappa shape index (κ3) is 7.41. The monoisotopic (exact) mass is 575 g/mol. The summed E-state index contributed by atoms with van der Waals surface area (Å²) in [4.78, 5) is 27.8. The smallest absolute Gasteiger partial charge is 0.352 e. The van der Waals surface area contributed by atoms with E-state index in [0.717, 1.165) is 23.3 Å². The van der Waals surface area contributed by atoms with Crippen molar-refractivity contribution in [3.63, 3.8) is 0 Å². The maximum atomic E-state index is 13.9. The zero-order valence-corrected chi connectivity index (χ0v) is 23.5. The average Bonchev–Trinajstić information content (AvgIpc) is 2.90. The zero-order chi connectivity index (χ0) is 29.7. The number of sulfonamides is 1. The molecule has 0 radical (unpaired) electrons. The van der Waals surface area contributed by atoms with E-state index in [1.54, 1.807) is 32.0 Å². The van der Waals surface area contributed by atoms with Crippen molar-refractivity contribution < 1.29 is 31.2 Å². The second-order valence-corrected chi connectivity index (χ2v) is 11.5. The van der Waals surface area contributed by atoms with Gasteiger partial charge in [-0.1, -0.05) is 48.5 Å². The summed E-state index contributed by atoms with van der Waals surface area (Å²) < 4.78 is 68.7. The van der Waals surface area contributed by atoms with Crippen molar-refractivity contribution in [3.05, 3.63) is 95.6 Å². The molecular weight excluding hydrogens is 543 g/mol. The van der Waals surface area contributed by atoms with E-state index in [0.29, 0.717) is 10.4 Å². The van der Waals surface area contributed by atoms with Gasteiger partial charge in [-0.3, -0.25) is 13.9 Å². The Morgan fingerprint density at radius 1 is 0.900 bits per heavy atom. The maximum absolute atomic E-state index is 13.9. The van der Waals surface area contributed by atoms with Crippen molar-refractivity contribution in [2.24, 2.45) is 0 Å². The molecule has 0 bridgehead atoms. The number of hydrogen-bond acceptors (Lipinski definition) is 4. The number of nitrogens with zero attached hydrogens (tertiary/aromatic N) is 2. The lowest BCUT2D eigenvalue weighted by Gasteiger charge is -2.32. The van der Waals surface area contributed by atoms with Gasteiger partial charge in [-0.25, -0.2) is 8.42 Å². The topological polar surface area (TPSA) is 86.8 Å². The number of nitrogens with one attached hydrogen (secondary N) is 1. The molecule has 2 amide bonds. The van der Waals surface area contributed by atoms with Crippen LogP contribution in [0.25, 0.3) is 0 Å². The standard InChI is InChI=1S/C29H32F3N3O4S/c1-20(2)33-28(37)22(4)34(18-23-12-9-8-11-21(23)3)27(36)19-35(40(38,39)26-15-6-5-7-16-26)25-14-10-13-24(17-25)29(30,31)32/h5-17,20,22H,18-19H2,1-4H3,(H,33,37)/t22-/m1/s1. The van der Waals surface area contributed by atoms with Gasteiger partial charge in [-0.05, 0) is 69.2 Å². The molecule has 214 valence electrons. The van der Waals surface area contributed by atoms with Crippen LogP contribution in [0.2, 0.25) is 0 Å². The van der Waals surface area contributed by atoms with Crippen LogP contribution in [0.15, 0.2) is 83.8 Å². The van der Waals surface area contributed by atoms with Crippen molar-refractivity contribution in [3.8, 4) is 0 Å². The highest BCUT2D eigenvalue weighted by Crippen LogP contribution is 2.33. The Kier molecular flexibility index (Phi) is 9.62. The van der Waals surface area contributed by atoms with Gasteiger partial charge in [-0.15, -0.1) is 0 Å². The number of halogens is 3. The summed E-state index contributed by atoms with van der Waals surface area (Å²) in [6.07, 6.45) is -4.73. The number of amides is 2. The summed E-state index contributed by atoms with van der Waals surface area (Å²) in [5.74, 6) is -1.21. The van der Waals surface area contributed by atoms with E-state index in [-0.39, 0.29) is 23.2 Å². The van der Waals surface area contributed by atoms with Gasteiger partial charge in [0, 0.05) is 12.6 Å². The second-order valence-electron chi connectivity index (χ2n) is 9.66. The summed E-state index contributed by atoms with van der Waals surface area (Å²) in [5, 5.41) is 2.75. The molecule has 11 heteroatoms. The molecule has 3 aromatic carbocycles. The Balaban J connectivity index is 2.09. The predicted molar refractivity (Wildman–Crippen MR) is 147 cm³/mol. The minimum Gasteiger partial charge on any atom is -0.352 e. The molecule has 0 saturated heterocycles. The molecule has 0 aliphatic heterocycles. The third-order valence-electron chi connectivity index (χ3n) is 6.27. The lowest BCUT2D eigenvalue weighted by atomic mass is 10.1. The molecule has 1 N–H and O–H groups in total. The number of benzene rings is 3. The first-order valence-electron chi connectivity index (χ1n) is 12.6. The van der Waals surface area contributed by atoms with Crippen LogP contribution in [0.1, 0.15) is 37.5 Å². The number of carbonyl (C=O) groups excluding carboxylic acids is 2. The molecule has 0 fully saturated rings. The van der Waals surface area contributed by atoms with Crippen LogP contribution in [0, 0.1) is 6.92 Å². The van der Waals surface area contributed by atoms with Crippen molar-refractivity contribution in [2.75, 3.05) is 10.8 Å². The Bertz CT molecular complexity index is 1440. The predicted octanol–water partition coefficient (Wildman–Crippen LogP) is 5.15. The maximum Gasteiger partial charge on any atom is 0.416 e. The van der Waals surface area contributed by atoms with Crippen molar-refractivity contribution in [1.29, 1.82) is 0 Å².